The first-order chi connectivity index (χ1) is 9.19. The minimum Gasteiger partial charge on any atom is -0.411 e. The second kappa shape index (κ2) is 6.91. The summed E-state index contributed by atoms with van der Waals surface area (Å²) in [6.45, 7) is 1.67. The van der Waals surface area contributed by atoms with E-state index in [1.807, 2.05) is 11.8 Å². The largest absolute Gasteiger partial charge is 0.411 e. The average molecular weight is 299 g/mol. The number of anilines is 1. The van der Waals surface area contributed by atoms with Crippen molar-refractivity contribution in [3.63, 3.8) is 0 Å². The average Bonchev–Trinajstić information content (AvgIpc) is 2.87. The zero-order valence-electron chi connectivity index (χ0n) is 10.8. The van der Waals surface area contributed by atoms with Crippen LogP contribution in [0, 0.1) is 5.92 Å². The highest BCUT2D eigenvalue weighted by molar-refractivity contribution is 7.99. The maximum Gasteiger partial charge on any atom is 0.226 e. The van der Waals surface area contributed by atoms with Crippen LogP contribution in [0.1, 0.15) is 31.9 Å². The first-order valence-corrected chi connectivity index (χ1v) is 8.24. The molecule has 0 unspecified atom stereocenters. The summed E-state index contributed by atoms with van der Waals surface area (Å²) in [7, 11) is 0. The molecule has 1 aromatic heterocycles. The first kappa shape index (κ1) is 14.3. The van der Waals surface area contributed by atoms with Crippen molar-refractivity contribution in [2.45, 2.75) is 26.2 Å². The lowest BCUT2D eigenvalue weighted by atomic mass is 9.99. The third kappa shape index (κ3) is 4.21. The lowest BCUT2D eigenvalue weighted by molar-refractivity contribution is -0.117. The van der Waals surface area contributed by atoms with E-state index in [1.165, 1.54) is 11.3 Å². The third-order valence-corrected chi connectivity index (χ3v) is 4.89. The van der Waals surface area contributed by atoms with Crippen molar-refractivity contribution in [3.05, 3.63) is 11.1 Å². The summed E-state index contributed by atoms with van der Waals surface area (Å²) in [5.74, 6) is 2.84. The molecule has 0 aromatic carbocycles. The van der Waals surface area contributed by atoms with Gasteiger partial charge in [-0.2, -0.15) is 11.8 Å². The molecule has 1 amide bonds. The minimum absolute atomic E-state index is 0.0244. The minimum atomic E-state index is 0.0244. The van der Waals surface area contributed by atoms with Crippen molar-refractivity contribution >= 4 is 39.8 Å². The predicted octanol–water partition coefficient (Wildman–Crippen LogP) is 2.81. The normalized spacial score (nSPS) is 17.4. The topological polar surface area (TPSA) is 74.6 Å². The summed E-state index contributed by atoms with van der Waals surface area (Å²) in [5.41, 5.74) is 1.04. The molecule has 1 fully saturated rings. The Kier molecular flexibility index (Phi) is 5.21. The van der Waals surface area contributed by atoms with Gasteiger partial charge in [0.05, 0.1) is 0 Å². The monoisotopic (exact) mass is 299 g/mol. The van der Waals surface area contributed by atoms with Crippen LogP contribution in [0.3, 0.4) is 0 Å². The summed E-state index contributed by atoms with van der Waals surface area (Å²) >= 11 is 3.30. The highest BCUT2D eigenvalue weighted by Crippen LogP contribution is 2.26. The van der Waals surface area contributed by atoms with Crippen LogP contribution in [0.25, 0.3) is 0 Å². The van der Waals surface area contributed by atoms with E-state index in [9.17, 15) is 4.79 Å². The number of carbonyl (C=O) groups is 1. The number of nitrogens with one attached hydrogen (secondary N) is 1. The van der Waals surface area contributed by atoms with Crippen LogP contribution in [0.4, 0.5) is 5.13 Å². The Morgan fingerprint density at radius 2 is 2.32 bits per heavy atom. The Morgan fingerprint density at radius 1 is 1.58 bits per heavy atom. The molecular weight excluding hydrogens is 282 g/mol. The smallest absolute Gasteiger partial charge is 0.226 e. The van der Waals surface area contributed by atoms with Crippen molar-refractivity contribution in [1.82, 2.24) is 4.98 Å². The number of oxime groups is 1. The molecule has 7 heteroatoms. The molecule has 0 bridgehead atoms. The van der Waals surface area contributed by atoms with Gasteiger partial charge in [-0.25, -0.2) is 4.98 Å². The number of thioether (sulfide) groups is 1. The van der Waals surface area contributed by atoms with E-state index in [2.05, 4.69) is 15.5 Å². The van der Waals surface area contributed by atoms with Gasteiger partial charge in [0.2, 0.25) is 5.91 Å². The summed E-state index contributed by atoms with van der Waals surface area (Å²) in [6, 6.07) is 0. The predicted molar refractivity (Wildman–Crippen MR) is 79.4 cm³/mol. The second-order valence-electron chi connectivity index (χ2n) is 4.53. The molecule has 104 valence electrons. The fourth-order valence-corrected chi connectivity index (χ4v) is 3.91. The van der Waals surface area contributed by atoms with Gasteiger partial charge in [-0.1, -0.05) is 5.16 Å². The zero-order chi connectivity index (χ0) is 13.7. The van der Waals surface area contributed by atoms with Crippen LogP contribution in [0.2, 0.25) is 0 Å². The van der Waals surface area contributed by atoms with Crippen LogP contribution in [-0.4, -0.2) is 33.3 Å². The Labute approximate surface area is 120 Å². The Bertz CT molecular complexity index is 467. The third-order valence-electron chi connectivity index (χ3n) is 3.09. The van der Waals surface area contributed by atoms with Crippen LogP contribution in [-0.2, 0) is 4.79 Å². The summed E-state index contributed by atoms with van der Waals surface area (Å²) < 4.78 is 0. The molecular formula is C12H17N3O2S2. The van der Waals surface area contributed by atoms with E-state index < -0.39 is 0 Å². The van der Waals surface area contributed by atoms with E-state index in [4.69, 9.17) is 5.21 Å². The van der Waals surface area contributed by atoms with E-state index in [-0.39, 0.29) is 5.91 Å². The van der Waals surface area contributed by atoms with Gasteiger partial charge in [0, 0.05) is 11.8 Å². The van der Waals surface area contributed by atoms with E-state index >= 15 is 0 Å². The second-order valence-corrected chi connectivity index (χ2v) is 6.61. The number of thiazole rings is 1. The number of aromatic nitrogens is 1. The molecule has 1 aromatic rings. The number of hydrogen-bond acceptors (Lipinski definition) is 6. The lowest BCUT2D eigenvalue weighted by Crippen LogP contribution is -2.19. The fraction of sp³-hybridized carbons (Fsp3) is 0.583. The summed E-state index contributed by atoms with van der Waals surface area (Å²) in [4.78, 5) is 16.1. The maximum atomic E-state index is 11.9. The van der Waals surface area contributed by atoms with Crippen LogP contribution in [0.15, 0.2) is 10.5 Å². The van der Waals surface area contributed by atoms with Gasteiger partial charge in [-0.15, -0.1) is 11.3 Å². The molecule has 0 atom stereocenters. The van der Waals surface area contributed by atoms with Crippen molar-refractivity contribution in [2.24, 2.45) is 11.1 Å². The molecule has 0 saturated carbocycles. The number of nitrogens with zero attached hydrogens (tertiary/aromatic N) is 2. The van der Waals surface area contributed by atoms with Gasteiger partial charge in [-0.3, -0.25) is 4.79 Å². The molecule has 0 aliphatic carbocycles. The van der Waals surface area contributed by atoms with E-state index in [0.717, 1.165) is 24.3 Å². The van der Waals surface area contributed by atoms with Gasteiger partial charge in [0.1, 0.15) is 11.4 Å². The first-order valence-electron chi connectivity index (χ1n) is 6.21. The lowest BCUT2D eigenvalue weighted by Gasteiger charge is -2.20. The molecule has 19 heavy (non-hydrogen) atoms. The Morgan fingerprint density at radius 3 is 3.00 bits per heavy atom. The zero-order valence-corrected chi connectivity index (χ0v) is 12.4. The molecule has 1 aliphatic rings. The summed E-state index contributed by atoms with van der Waals surface area (Å²) in [5, 5.41) is 16.9. The van der Waals surface area contributed by atoms with Crippen molar-refractivity contribution in [2.75, 3.05) is 16.8 Å². The maximum absolute atomic E-state index is 11.9. The highest BCUT2D eigenvalue weighted by atomic mass is 32.2. The van der Waals surface area contributed by atoms with Crippen LogP contribution >= 0.6 is 23.1 Å². The number of carbonyl (C=O) groups excluding carboxylic acids is 1. The summed E-state index contributed by atoms with van der Waals surface area (Å²) in [6.07, 6.45) is 2.82. The van der Waals surface area contributed by atoms with Crippen LogP contribution < -0.4 is 5.32 Å². The molecule has 1 saturated heterocycles. The molecule has 5 nitrogen and oxygen atoms in total. The Hall–Kier alpha value is -1.08. The standard InChI is InChI=1S/C12H17N3O2S2/c1-8(15-17)10-7-19-12(13-10)14-11(16)6-9-2-4-18-5-3-9/h7,9,17H,2-6H2,1H3,(H,13,14,16). The van der Waals surface area contributed by atoms with Crippen molar-refractivity contribution in [1.29, 1.82) is 0 Å². The van der Waals surface area contributed by atoms with Crippen molar-refractivity contribution in [3.8, 4) is 0 Å². The molecule has 1 aliphatic heterocycles. The van der Waals surface area contributed by atoms with E-state index in [0.29, 0.717) is 28.9 Å². The number of amides is 1. The SMILES string of the molecule is CC(=NO)c1csc(NC(=O)CC2CCSCC2)n1. The van der Waals surface area contributed by atoms with Gasteiger partial charge in [0.25, 0.3) is 0 Å². The number of rotatable bonds is 4. The number of hydrogen-bond donors (Lipinski definition) is 2. The molecule has 2 rings (SSSR count). The highest BCUT2D eigenvalue weighted by Gasteiger charge is 2.18. The molecule has 0 spiro atoms. The van der Waals surface area contributed by atoms with Gasteiger partial charge >= 0.3 is 0 Å². The fourth-order valence-electron chi connectivity index (χ4n) is 1.93. The van der Waals surface area contributed by atoms with Crippen molar-refractivity contribution < 1.29 is 10.0 Å². The molecule has 2 N–H and O–H groups in total. The van der Waals surface area contributed by atoms with Gasteiger partial charge in [-0.05, 0) is 37.2 Å². The molecule has 0 radical (unpaired) electrons. The van der Waals surface area contributed by atoms with Gasteiger partial charge < -0.3 is 10.5 Å². The quantitative estimate of drug-likeness (QED) is 0.509. The Balaban J connectivity index is 1.86. The van der Waals surface area contributed by atoms with Crippen LogP contribution in [0.5, 0.6) is 0 Å². The van der Waals surface area contributed by atoms with Gasteiger partial charge in [0.15, 0.2) is 5.13 Å². The molecule has 2 heterocycles. The van der Waals surface area contributed by atoms with E-state index in [1.54, 1.807) is 12.3 Å².